The number of sulfonamides is 1. The molecule has 1 aliphatic heterocycles. The van der Waals surface area contributed by atoms with E-state index in [1.165, 1.54) is 35.5 Å². The Bertz CT molecular complexity index is 1300. The van der Waals surface area contributed by atoms with Gasteiger partial charge in [-0.15, -0.1) is 11.3 Å². The smallest absolute Gasteiger partial charge is 0.319 e. The minimum absolute atomic E-state index is 0.0828. The predicted molar refractivity (Wildman–Crippen MR) is 140 cm³/mol. The molecule has 3 rings (SSSR count). The van der Waals surface area contributed by atoms with Gasteiger partial charge in [0.05, 0.1) is 17.0 Å². The highest BCUT2D eigenvalue weighted by Gasteiger charge is 2.30. The van der Waals surface area contributed by atoms with E-state index in [0.717, 1.165) is 29.1 Å². The number of primary amides is 1. The van der Waals surface area contributed by atoms with Gasteiger partial charge in [0.25, 0.3) is 11.8 Å². The summed E-state index contributed by atoms with van der Waals surface area (Å²) in [7, 11) is -3.69. The van der Waals surface area contributed by atoms with Gasteiger partial charge in [-0.1, -0.05) is 20.3 Å². The van der Waals surface area contributed by atoms with Gasteiger partial charge in [0.1, 0.15) is 5.00 Å². The van der Waals surface area contributed by atoms with E-state index in [0.29, 0.717) is 31.6 Å². The van der Waals surface area contributed by atoms with Crippen molar-refractivity contribution in [2.24, 2.45) is 5.73 Å². The number of fused-ring (bicyclic) bond motifs is 1. The van der Waals surface area contributed by atoms with Crippen molar-refractivity contribution in [2.75, 3.05) is 25.0 Å². The summed E-state index contributed by atoms with van der Waals surface area (Å²) in [6.07, 6.45) is 1.99. The average molecular weight is 550 g/mol. The molecular weight excluding hydrogens is 518 g/mol. The van der Waals surface area contributed by atoms with Crippen LogP contribution in [0.4, 0.5) is 9.80 Å². The molecule has 0 bridgehead atoms. The maximum Gasteiger partial charge on any atom is 0.319 e. The molecule has 0 fully saturated rings. The third kappa shape index (κ3) is 6.35. The van der Waals surface area contributed by atoms with Crippen LogP contribution in [0.3, 0.4) is 0 Å². The van der Waals surface area contributed by atoms with Gasteiger partial charge in [0.15, 0.2) is 0 Å². The summed E-state index contributed by atoms with van der Waals surface area (Å²) in [4.78, 5) is 51.4. The number of carbonyl (C=O) groups excluding carboxylic acids is 4. The lowest BCUT2D eigenvalue weighted by molar-refractivity contribution is -0.129. The van der Waals surface area contributed by atoms with Gasteiger partial charge < -0.3 is 16.0 Å². The van der Waals surface area contributed by atoms with Crippen LogP contribution in [-0.4, -0.2) is 61.0 Å². The van der Waals surface area contributed by atoms with E-state index in [2.05, 4.69) is 5.32 Å². The number of nitrogens with one attached hydrogen (secondary N) is 2. The van der Waals surface area contributed by atoms with Crippen molar-refractivity contribution in [1.29, 1.82) is 0 Å². The number of hydrogen-bond donors (Lipinski definition) is 3. The number of amides is 5. The van der Waals surface area contributed by atoms with Gasteiger partial charge in [-0.2, -0.15) is 4.31 Å². The van der Waals surface area contributed by atoms with Gasteiger partial charge in [-0.25, -0.2) is 13.2 Å². The highest BCUT2D eigenvalue weighted by Crippen LogP contribution is 2.37. The molecule has 0 radical (unpaired) electrons. The lowest BCUT2D eigenvalue weighted by Gasteiger charge is -2.25. The number of thiophene rings is 1. The van der Waals surface area contributed by atoms with Gasteiger partial charge in [0, 0.05) is 37.0 Å². The Hall–Kier alpha value is -3.29. The molecule has 2 heterocycles. The number of carbonyl (C=O) groups is 4. The fourth-order valence-corrected chi connectivity index (χ4v) is 6.80. The molecule has 2 aromatic rings. The number of nitrogens with two attached hydrogens (primary N) is 1. The first kappa shape index (κ1) is 28.3. The van der Waals surface area contributed by atoms with E-state index in [1.54, 1.807) is 11.8 Å². The monoisotopic (exact) mass is 549 g/mol. The minimum Gasteiger partial charge on any atom is -0.351 e. The van der Waals surface area contributed by atoms with Crippen molar-refractivity contribution >= 4 is 50.1 Å². The second-order valence-corrected chi connectivity index (χ2v) is 11.6. The molecule has 0 saturated heterocycles. The Kier molecular flexibility index (Phi) is 9.05. The molecule has 0 aliphatic carbocycles. The van der Waals surface area contributed by atoms with E-state index in [1.807, 2.05) is 12.2 Å². The molecule has 0 saturated carbocycles. The zero-order valence-electron chi connectivity index (χ0n) is 21.0. The van der Waals surface area contributed by atoms with Crippen LogP contribution in [0.25, 0.3) is 0 Å². The zero-order valence-corrected chi connectivity index (χ0v) is 22.6. The van der Waals surface area contributed by atoms with Crippen molar-refractivity contribution in [3.05, 3.63) is 45.8 Å². The molecule has 200 valence electrons. The van der Waals surface area contributed by atoms with Crippen LogP contribution >= 0.6 is 11.3 Å². The Morgan fingerprint density at radius 2 is 1.78 bits per heavy atom. The SMILES string of the molecule is CCCCN(CC)S(=O)(=O)c1ccc(C(=O)Nc2sc3c(c2C(=O)NC(N)=O)CCN(C(C)=O)C3)cc1. The van der Waals surface area contributed by atoms with Crippen LogP contribution in [0.15, 0.2) is 29.2 Å². The molecule has 0 spiro atoms. The predicted octanol–water partition coefficient (Wildman–Crippen LogP) is 2.52. The van der Waals surface area contributed by atoms with Crippen LogP contribution in [0, 0.1) is 0 Å². The van der Waals surface area contributed by atoms with E-state index in [9.17, 15) is 27.6 Å². The van der Waals surface area contributed by atoms with E-state index < -0.39 is 27.9 Å². The lowest BCUT2D eigenvalue weighted by Crippen LogP contribution is -2.37. The first-order valence-corrected chi connectivity index (χ1v) is 14.2. The van der Waals surface area contributed by atoms with Crippen molar-refractivity contribution in [1.82, 2.24) is 14.5 Å². The maximum atomic E-state index is 13.0. The molecule has 37 heavy (non-hydrogen) atoms. The summed E-state index contributed by atoms with van der Waals surface area (Å²) in [6.45, 7) is 6.64. The standard InChI is InChI=1S/C24H31N5O6S2/c1-4-6-12-29(5-2)37(34,35)17-9-7-16(8-10-17)21(31)26-23-20(22(32)27-24(25)33)18-11-13-28(15(3)30)14-19(18)36-23/h7-10H,4-6,11-14H2,1-3H3,(H,26,31)(H3,25,27,32,33). The van der Waals surface area contributed by atoms with Crippen molar-refractivity contribution < 1.29 is 27.6 Å². The summed E-state index contributed by atoms with van der Waals surface area (Å²) in [5.74, 6) is -1.42. The summed E-state index contributed by atoms with van der Waals surface area (Å²) in [5.41, 5.74) is 6.09. The molecule has 1 aliphatic rings. The highest BCUT2D eigenvalue weighted by atomic mass is 32.2. The Morgan fingerprint density at radius 1 is 1.11 bits per heavy atom. The first-order chi connectivity index (χ1) is 17.5. The normalized spacial score (nSPS) is 13.2. The average Bonchev–Trinajstić information content (AvgIpc) is 3.21. The fourth-order valence-electron chi connectivity index (χ4n) is 4.06. The van der Waals surface area contributed by atoms with Crippen molar-refractivity contribution in [3.63, 3.8) is 0 Å². The van der Waals surface area contributed by atoms with Crippen LogP contribution in [0.1, 0.15) is 64.8 Å². The molecule has 0 atom stereocenters. The molecule has 11 nitrogen and oxygen atoms in total. The number of benzene rings is 1. The number of urea groups is 1. The molecule has 1 aromatic carbocycles. The Balaban J connectivity index is 1.87. The number of unbranched alkanes of at least 4 members (excludes halogenated alkanes) is 1. The van der Waals surface area contributed by atoms with E-state index in [-0.39, 0.29) is 33.5 Å². The number of imide groups is 1. The Morgan fingerprint density at radius 3 is 2.35 bits per heavy atom. The minimum atomic E-state index is -3.69. The summed E-state index contributed by atoms with van der Waals surface area (Å²) < 4.78 is 27.3. The van der Waals surface area contributed by atoms with Crippen LogP contribution in [0.2, 0.25) is 0 Å². The molecule has 0 unspecified atom stereocenters. The van der Waals surface area contributed by atoms with Gasteiger partial charge in [-0.3, -0.25) is 19.7 Å². The second-order valence-electron chi connectivity index (χ2n) is 8.55. The zero-order chi connectivity index (χ0) is 27.3. The molecule has 4 N–H and O–H groups in total. The van der Waals surface area contributed by atoms with Gasteiger partial charge in [0.2, 0.25) is 15.9 Å². The number of rotatable bonds is 9. The summed E-state index contributed by atoms with van der Waals surface area (Å²) >= 11 is 1.14. The molecular formula is C24H31N5O6S2. The summed E-state index contributed by atoms with van der Waals surface area (Å²) in [5, 5.41) is 4.96. The van der Waals surface area contributed by atoms with Crippen LogP contribution in [-0.2, 0) is 27.8 Å². The van der Waals surface area contributed by atoms with E-state index >= 15 is 0 Å². The molecule has 13 heteroatoms. The third-order valence-corrected chi connectivity index (χ3v) is 9.18. The van der Waals surface area contributed by atoms with Gasteiger partial charge >= 0.3 is 6.03 Å². The Labute approximate surface area is 220 Å². The van der Waals surface area contributed by atoms with E-state index in [4.69, 9.17) is 5.73 Å². The van der Waals surface area contributed by atoms with Crippen molar-refractivity contribution in [3.8, 4) is 0 Å². The topological polar surface area (TPSA) is 159 Å². The number of nitrogens with zero attached hydrogens (tertiary/aromatic N) is 2. The molecule has 1 aromatic heterocycles. The fraction of sp³-hybridized carbons (Fsp3) is 0.417. The molecule has 5 amide bonds. The van der Waals surface area contributed by atoms with Crippen LogP contribution in [0.5, 0.6) is 0 Å². The second kappa shape index (κ2) is 11.8. The highest BCUT2D eigenvalue weighted by molar-refractivity contribution is 7.89. The first-order valence-electron chi connectivity index (χ1n) is 11.9. The largest absolute Gasteiger partial charge is 0.351 e. The number of anilines is 1. The quantitative estimate of drug-likeness (QED) is 0.436. The van der Waals surface area contributed by atoms with Gasteiger partial charge in [-0.05, 0) is 42.7 Å². The lowest BCUT2D eigenvalue weighted by atomic mass is 10.0. The summed E-state index contributed by atoms with van der Waals surface area (Å²) in [6, 6.07) is 4.54. The van der Waals surface area contributed by atoms with Crippen molar-refractivity contribution in [2.45, 2.75) is 51.5 Å². The maximum absolute atomic E-state index is 13.0. The third-order valence-electron chi connectivity index (χ3n) is 6.06. The van der Waals surface area contributed by atoms with Crippen LogP contribution < -0.4 is 16.4 Å². The number of hydrogen-bond acceptors (Lipinski definition) is 7.